The van der Waals surface area contributed by atoms with Crippen LogP contribution in [0.2, 0.25) is 0 Å². The zero-order valence-electron chi connectivity index (χ0n) is 19.5. The van der Waals surface area contributed by atoms with E-state index in [1.54, 1.807) is 6.20 Å². The second-order valence-corrected chi connectivity index (χ2v) is 8.59. The highest BCUT2D eigenvalue weighted by Crippen LogP contribution is 2.41. The smallest absolute Gasteiger partial charge is 0.325 e. The van der Waals surface area contributed by atoms with Gasteiger partial charge in [-0.1, -0.05) is 31.2 Å². The maximum Gasteiger partial charge on any atom is 0.325 e. The van der Waals surface area contributed by atoms with Crippen LogP contribution in [0.25, 0.3) is 5.69 Å². The third kappa shape index (κ3) is 4.37. The number of para-hydroxylation sites is 1. The largest absolute Gasteiger partial charge is 0.465 e. The molecule has 0 spiro atoms. The van der Waals surface area contributed by atoms with Gasteiger partial charge in [-0.25, -0.2) is 0 Å². The molecule has 1 N–H and O–H groups in total. The molecule has 7 heteroatoms. The number of benzene rings is 1. The van der Waals surface area contributed by atoms with Gasteiger partial charge < -0.3 is 19.5 Å². The number of aryl methyl sites for hydroxylation is 2. The van der Waals surface area contributed by atoms with Gasteiger partial charge in [0.15, 0.2) is 5.11 Å². The Morgan fingerprint density at radius 2 is 1.91 bits per heavy atom. The van der Waals surface area contributed by atoms with E-state index in [4.69, 9.17) is 17.0 Å². The highest BCUT2D eigenvalue weighted by molar-refractivity contribution is 7.80. The molecule has 1 fully saturated rings. The van der Waals surface area contributed by atoms with E-state index >= 15 is 0 Å². The van der Waals surface area contributed by atoms with Gasteiger partial charge in [-0.15, -0.1) is 0 Å². The second kappa shape index (κ2) is 9.75. The summed E-state index contributed by atoms with van der Waals surface area (Å²) in [6, 6.07) is 16.2. The van der Waals surface area contributed by atoms with Gasteiger partial charge in [-0.3, -0.25) is 9.78 Å². The van der Waals surface area contributed by atoms with Gasteiger partial charge in [0.25, 0.3) is 0 Å². The lowest BCUT2D eigenvalue weighted by Gasteiger charge is -2.27. The van der Waals surface area contributed by atoms with Gasteiger partial charge >= 0.3 is 5.97 Å². The molecule has 2 aromatic heterocycles. The van der Waals surface area contributed by atoms with Gasteiger partial charge in [0.05, 0.1) is 24.4 Å². The summed E-state index contributed by atoms with van der Waals surface area (Å²) in [4.78, 5) is 19.0. The molecule has 172 valence electrons. The molecule has 0 bridgehead atoms. The molecule has 0 saturated carbocycles. The van der Waals surface area contributed by atoms with Crippen molar-refractivity contribution < 1.29 is 9.53 Å². The fraction of sp³-hybridized carbons (Fsp3) is 0.346. The molecule has 0 unspecified atom stereocenters. The first-order chi connectivity index (χ1) is 16.0. The Morgan fingerprint density at radius 1 is 1.15 bits per heavy atom. The molecule has 1 saturated heterocycles. The Labute approximate surface area is 200 Å². The molecule has 1 aromatic carbocycles. The molecular weight excluding hydrogens is 432 g/mol. The molecule has 4 rings (SSSR count). The summed E-state index contributed by atoms with van der Waals surface area (Å²) in [7, 11) is 0. The van der Waals surface area contributed by atoms with Crippen LogP contribution in [0.3, 0.4) is 0 Å². The van der Waals surface area contributed by atoms with Crippen molar-refractivity contribution >= 4 is 23.3 Å². The number of rotatable bonds is 7. The van der Waals surface area contributed by atoms with Crippen molar-refractivity contribution in [3.63, 3.8) is 0 Å². The molecular formula is C26H30N4O2S. The van der Waals surface area contributed by atoms with Crippen LogP contribution >= 0.6 is 12.2 Å². The fourth-order valence-electron chi connectivity index (χ4n) is 4.75. The fourth-order valence-corrected chi connectivity index (χ4v) is 5.05. The van der Waals surface area contributed by atoms with Gasteiger partial charge in [0.2, 0.25) is 0 Å². The second-order valence-electron chi connectivity index (χ2n) is 8.20. The number of ether oxygens (including phenoxy) is 1. The predicted molar refractivity (Wildman–Crippen MR) is 133 cm³/mol. The first kappa shape index (κ1) is 23.0. The Morgan fingerprint density at radius 3 is 2.61 bits per heavy atom. The van der Waals surface area contributed by atoms with Crippen LogP contribution in [0.15, 0.2) is 54.7 Å². The van der Waals surface area contributed by atoms with E-state index in [1.165, 1.54) is 11.3 Å². The van der Waals surface area contributed by atoms with E-state index < -0.39 is 0 Å². The molecule has 1 aliphatic heterocycles. The molecule has 3 heterocycles. The number of carbonyl (C=O) groups excluding carboxylic acids is 1. The van der Waals surface area contributed by atoms with Gasteiger partial charge in [-0.05, 0) is 74.8 Å². The van der Waals surface area contributed by atoms with E-state index in [2.05, 4.69) is 66.0 Å². The van der Waals surface area contributed by atoms with Gasteiger partial charge in [0.1, 0.15) is 6.54 Å². The molecule has 3 aromatic rings. The summed E-state index contributed by atoms with van der Waals surface area (Å²) in [6.07, 6.45) is 2.73. The van der Waals surface area contributed by atoms with Crippen LogP contribution in [0.5, 0.6) is 0 Å². The van der Waals surface area contributed by atoms with E-state index in [0.717, 1.165) is 29.1 Å². The summed E-state index contributed by atoms with van der Waals surface area (Å²) in [5, 5.41) is 3.94. The zero-order chi connectivity index (χ0) is 23.5. The van der Waals surface area contributed by atoms with Crippen LogP contribution in [0, 0.1) is 13.8 Å². The molecule has 1 aliphatic rings. The average molecular weight is 463 g/mol. The normalized spacial score (nSPS) is 17.8. The minimum absolute atomic E-state index is 0.0862. The lowest BCUT2D eigenvalue weighted by Crippen LogP contribution is -2.35. The van der Waals surface area contributed by atoms with Crippen molar-refractivity contribution in [2.45, 2.75) is 46.2 Å². The Balaban J connectivity index is 1.83. The van der Waals surface area contributed by atoms with E-state index in [1.807, 2.05) is 30.0 Å². The first-order valence-corrected chi connectivity index (χ1v) is 11.8. The lowest BCUT2D eigenvalue weighted by molar-refractivity contribution is -0.143. The summed E-state index contributed by atoms with van der Waals surface area (Å²) >= 11 is 5.69. The Hall–Kier alpha value is -3.19. The summed E-state index contributed by atoms with van der Waals surface area (Å²) < 4.78 is 7.55. The molecule has 0 aliphatic carbocycles. The summed E-state index contributed by atoms with van der Waals surface area (Å²) in [6.45, 7) is 8.66. The van der Waals surface area contributed by atoms with Crippen molar-refractivity contribution in [2.75, 3.05) is 13.2 Å². The summed E-state index contributed by atoms with van der Waals surface area (Å²) in [5.74, 6) is -0.293. The van der Waals surface area contributed by atoms with Crippen LogP contribution < -0.4 is 5.32 Å². The quantitative estimate of drug-likeness (QED) is 0.410. The van der Waals surface area contributed by atoms with Gasteiger partial charge in [-0.2, -0.15) is 0 Å². The van der Waals surface area contributed by atoms with E-state index in [-0.39, 0.29) is 24.6 Å². The number of hydrogen-bond donors (Lipinski definition) is 1. The number of carbonyl (C=O) groups is 1. The van der Waals surface area contributed by atoms with E-state index in [0.29, 0.717) is 11.7 Å². The highest BCUT2D eigenvalue weighted by atomic mass is 32.1. The first-order valence-electron chi connectivity index (χ1n) is 11.4. The topological polar surface area (TPSA) is 59.4 Å². The number of nitrogens with one attached hydrogen (secondary N) is 1. The number of esters is 1. The van der Waals surface area contributed by atoms with E-state index in [9.17, 15) is 4.79 Å². The Bertz CT molecular complexity index is 1160. The maximum absolute atomic E-state index is 12.5. The number of thiocarbonyl (C=S) groups is 1. The molecule has 6 nitrogen and oxygen atoms in total. The van der Waals surface area contributed by atoms with Crippen molar-refractivity contribution in [2.24, 2.45) is 0 Å². The number of nitrogens with zero attached hydrogens (tertiary/aromatic N) is 3. The van der Waals surface area contributed by atoms with Gasteiger partial charge in [0, 0.05) is 23.3 Å². The van der Waals surface area contributed by atoms with Crippen LogP contribution in [-0.4, -0.2) is 38.7 Å². The zero-order valence-corrected chi connectivity index (χ0v) is 20.4. The monoisotopic (exact) mass is 462 g/mol. The maximum atomic E-state index is 12.5. The standard InChI is InChI=1S/C26H30N4O2S/c1-5-19-11-7-8-13-22(19)30-17(3)15-20(18(30)4)25-24(21-12-9-10-14-27-21)28-26(33)29(25)16-23(31)32-6-2/h7-15,24-25H,5-6,16H2,1-4H3,(H,28,33)/t24-,25+/m1/s1. The summed E-state index contributed by atoms with van der Waals surface area (Å²) in [5.41, 5.74) is 6.73. The third-order valence-electron chi connectivity index (χ3n) is 6.20. The molecule has 0 radical (unpaired) electrons. The third-order valence-corrected chi connectivity index (χ3v) is 6.56. The molecule has 2 atom stereocenters. The van der Waals surface area contributed by atoms with Crippen molar-refractivity contribution in [1.82, 2.24) is 19.8 Å². The minimum Gasteiger partial charge on any atom is -0.465 e. The Kier molecular flexibility index (Phi) is 6.79. The molecule has 0 amide bonds. The minimum atomic E-state index is -0.293. The lowest BCUT2D eigenvalue weighted by atomic mass is 9.96. The van der Waals surface area contributed by atoms with Crippen LogP contribution in [0.1, 0.15) is 54.1 Å². The van der Waals surface area contributed by atoms with Crippen molar-refractivity contribution in [3.8, 4) is 5.69 Å². The van der Waals surface area contributed by atoms with Crippen LogP contribution in [0.4, 0.5) is 0 Å². The predicted octanol–water partition coefficient (Wildman–Crippen LogP) is 4.59. The SMILES string of the molecule is CCOC(=O)CN1C(=S)N[C@H](c2ccccn2)[C@@H]1c1cc(C)n(-c2ccccc2CC)c1C. The number of hydrogen-bond acceptors (Lipinski definition) is 4. The van der Waals surface area contributed by atoms with Crippen molar-refractivity contribution in [3.05, 3.63) is 82.9 Å². The van der Waals surface area contributed by atoms with Crippen LogP contribution in [-0.2, 0) is 16.0 Å². The highest BCUT2D eigenvalue weighted by Gasteiger charge is 2.42. The van der Waals surface area contributed by atoms with Crippen molar-refractivity contribution in [1.29, 1.82) is 0 Å². The number of pyridine rings is 1. The average Bonchev–Trinajstić information content (AvgIpc) is 3.29. The number of aromatic nitrogens is 2. The molecule has 33 heavy (non-hydrogen) atoms.